The van der Waals surface area contributed by atoms with Crippen molar-refractivity contribution in [1.29, 1.82) is 0 Å². The molecule has 0 saturated heterocycles. The number of unbranched alkanes of at least 4 members (excludes halogenated alkanes) is 5. The highest BCUT2D eigenvalue weighted by molar-refractivity contribution is 4.59. The van der Waals surface area contributed by atoms with Crippen LogP contribution in [0.25, 0.3) is 0 Å². The average Bonchev–Trinajstić information content (AvgIpc) is 2.15. The largest absolute Gasteiger partial charge is 0.379 e. The first-order valence-electron chi connectivity index (χ1n) is 6.21. The molecule has 0 bridgehead atoms. The summed E-state index contributed by atoms with van der Waals surface area (Å²) in [7, 11) is 0. The van der Waals surface area contributed by atoms with Crippen LogP contribution in [0, 0.1) is 0 Å². The van der Waals surface area contributed by atoms with E-state index in [-0.39, 0.29) is 0 Å². The molecule has 0 fully saturated rings. The molecule has 0 saturated carbocycles. The van der Waals surface area contributed by atoms with Crippen LogP contribution < -0.4 is 0 Å². The molecule has 0 radical (unpaired) electrons. The predicted octanol–water partition coefficient (Wildman–Crippen LogP) is 2.33. The fourth-order valence-corrected chi connectivity index (χ4v) is 1.76. The maximum absolute atomic E-state index is 9.39. The molecule has 2 N–H and O–H groups in total. The lowest BCUT2D eigenvalue weighted by Gasteiger charge is -2.27. The van der Waals surface area contributed by atoms with Crippen LogP contribution in [-0.4, -0.2) is 34.1 Å². The van der Waals surface area contributed by atoms with Crippen LogP contribution in [0.1, 0.15) is 59.3 Å². The topological polar surface area (TPSA) is 43.7 Å². The summed E-state index contributed by atoms with van der Waals surface area (Å²) in [6.45, 7) is 6.39. The first-order chi connectivity index (χ1) is 7.09. The minimum atomic E-state index is -0.555. The quantitative estimate of drug-likeness (QED) is 0.460. The summed E-state index contributed by atoms with van der Waals surface area (Å²) < 4.78 is 0. The van der Waals surface area contributed by atoms with Crippen molar-refractivity contribution in [3.63, 3.8) is 0 Å². The summed E-state index contributed by atoms with van der Waals surface area (Å²) in [4.78, 5) is 1.71. The fourth-order valence-electron chi connectivity index (χ4n) is 1.76. The molecule has 0 amide bonds. The van der Waals surface area contributed by atoms with Crippen LogP contribution >= 0.6 is 0 Å². The molecular weight excluding hydrogens is 190 g/mol. The van der Waals surface area contributed by atoms with E-state index in [1.165, 1.54) is 32.1 Å². The Morgan fingerprint density at radius 3 is 1.80 bits per heavy atom. The number of hydrogen-bond donors (Lipinski definition) is 2. The number of hydrogen-bond acceptors (Lipinski definition) is 3. The van der Waals surface area contributed by atoms with Gasteiger partial charge in [-0.05, 0) is 20.3 Å². The highest BCUT2D eigenvalue weighted by Crippen LogP contribution is 2.08. The summed E-state index contributed by atoms with van der Waals surface area (Å²) in [6.07, 6.45) is 6.29. The van der Waals surface area contributed by atoms with E-state index in [4.69, 9.17) is 0 Å². The van der Waals surface area contributed by atoms with Gasteiger partial charge in [-0.15, -0.1) is 0 Å². The average molecular weight is 217 g/mol. The third-order valence-electron chi connectivity index (χ3n) is 2.73. The molecule has 0 aromatic carbocycles. The minimum absolute atomic E-state index is 0.555. The zero-order valence-corrected chi connectivity index (χ0v) is 10.4. The second kappa shape index (κ2) is 9.13. The molecule has 0 aliphatic heterocycles. The third-order valence-corrected chi connectivity index (χ3v) is 2.73. The third kappa shape index (κ3) is 7.77. The van der Waals surface area contributed by atoms with Gasteiger partial charge in [-0.3, -0.25) is 4.90 Å². The first kappa shape index (κ1) is 14.9. The number of aliphatic hydroxyl groups excluding tert-OH is 2. The zero-order valence-electron chi connectivity index (χ0n) is 10.4. The van der Waals surface area contributed by atoms with Crippen molar-refractivity contribution in [3.8, 4) is 0 Å². The van der Waals surface area contributed by atoms with E-state index in [9.17, 15) is 10.2 Å². The molecule has 0 heterocycles. The molecule has 0 aromatic rings. The van der Waals surface area contributed by atoms with Crippen LogP contribution in [0.2, 0.25) is 0 Å². The van der Waals surface area contributed by atoms with E-state index < -0.39 is 12.5 Å². The van der Waals surface area contributed by atoms with E-state index in [2.05, 4.69) is 6.92 Å². The Labute approximate surface area is 94.1 Å². The summed E-state index contributed by atoms with van der Waals surface area (Å²) in [5.41, 5.74) is 0. The number of rotatable bonds is 9. The molecule has 2 atom stereocenters. The minimum Gasteiger partial charge on any atom is -0.379 e. The van der Waals surface area contributed by atoms with Crippen molar-refractivity contribution in [2.75, 3.05) is 6.54 Å². The molecule has 2 unspecified atom stereocenters. The maximum Gasteiger partial charge on any atom is 0.106 e. The van der Waals surface area contributed by atoms with Gasteiger partial charge in [0.05, 0.1) is 0 Å². The van der Waals surface area contributed by atoms with Gasteiger partial charge >= 0.3 is 0 Å². The smallest absolute Gasteiger partial charge is 0.106 e. The molecule has 0 spiro atoms. The van der Waals surface area contributed by atoms with Crippen LogP contribution in [0.3, 0.4) is 0 Å². The number of aliphatic hydroxyl groups is 2. The van der Waals surface area contributed by atoms with E-state index in [1.54, 1.807) is 18.7 Å². The Morgan fingerprint density at radius 2 is 1.33 bits per heavy atom. The van der Waals surface area contributed by atoms with E-state index >= 15 is 0 Å². The number of nitrogens with zero attached hydrogens (tertiary/aromatic N) is 1. The fraction of sp³-hybridized carbons (Fsp3) is 1.00. The summed E-state index contributed by atoms with van der Waals surface area (Å²) >= 11 is 0. The Bertz CT molecular complexity index is 130. The van der Waals surface area contributed by atoms with Gasteiger partial charge in [-0.1, -0.05) is 39.0 Å². The molecule has 0 aliphatic carbocycles. The molecular formula is C12H27NO2. The van der Waals surface area contributed by atoms with Gasteiger partial charge in [0.15, 0.2) is 0 Å². The van der Waals surface area contributed by atoms with Gasteiger partial charge in [0.2, 0.25) is 0 Å². The molecule has 0 aromatic heterocycles. The van der Waals surface area contributed by atoms with E-state index in [0.29, 0.717) is 0 Å². The first-order valence-corrected chi connectivity index (χ1v) is 6.21. The SMILES string of the molecule is CCCCCCCCN(C(C)O)C(C)O. The molecule has 3 nitrogen and oxygen atoms in total. The monoisotopic (exact) mass is 217 g/mol. The summed E-state index contributed by atoms with van der Waals surface area (Å²) in [5.74, 6) is 0. The van der Waals surface area contributed by atoms with Crippen molar-refractivity contribution in [2.45, 2.75) is 71.8 Å². The summed E-state index contributed by atoms with van der Waals surface area (Å²) in [6, 6.07) is 0. The van der Waals surface area contributed by atoms with Crippen LogP contribution in [0.4, 0.5) is 0 Å². The van der Waals surface area contributed by atoms with Gasteiger partial charge in [0.25, 0.3) is 0 Å². The van der Waals surface area contributed by atoms with Gasteiger partial charge in [0, 0.05) is 6.54 Å². The molecule has 0 rings (SSSR count). The van der Waals surface area contributed by atoms with Crippen molar-refractivity contribution in [2.24, 2.45) is 0 Å². The highest BCUT2D eigenvalue weighted by Gasteiger charge is 2.14. The van der Waals surface area contributed by atoms with Crippen molar-refractivity contribution >= 4 is 0 Å². The molecule has 15 heavy (non-hydrogen) atoms. The molecule has 92 valence electrons. The van der Waals surface area contributed by atoms with E-state index in [0.717, 1.165) is 13.0 Å². The second-order valence-electron chi connectivity index (χ2n) is 4.27. The Balaban J connectivity index is 3.46. The van der Waals surface area contributed by atoms with Crippen molar-refractivity contribution in [3.05, 3.63) is 0 Å². The van der Waals surface area contributed by atoms with Crippen molar-refractivity contribution in [1.82, 2.24) is 4.90 Å². The summed E-state index contributed by atoms with van der Waals surface area (Å²) in [5, 5.41) is 18.8. The van der Waals surface area contributed by atoms with Gasteiger partial charge < -0.3 is 10.2 Å². The Morgan fingerprint density at radius 1 is 0.867 bits per heavy atom. The van der Waals surface area contributed by atoms with Crippen LogP contribution in [-0.2, 0) is 0 Å². The van der Waals surface area contributed by atoms with Gasteiger partial charge in [-0.25, -0.2) is 0 Å². The van der Waals surface area contributed by atoms with Gasteiger partial charge in [0.1, 0.15) is 12.5 Å². The standard InChI is InChI=1S/C12H27NO2/c1-4-5-6-7-8-9-10-13(11(2)14)12(3)15/h11-12,14-15H,4-10H2,1-3H3. The zero-order chi connectivity index (χ0) is 11.7. The van der Waals surface area contributed by atoms with Gasteiger partial charge in [-0.2, -0.15) is 0 Å². The van der Waals surface area contributed by atoms with Crippen molar-refractivity contribution < 1.29 is 10.2 Å². The van der Waals surface area contributed by atoms with Crippen LogP contribution in [0.5, 0.6) is 0 Å². The lowest BCUT2D eigenvalue weighted by Crippen LogP contribution is -2.40. The van der Waals surface area contributed by atoms with Crippen LogP contribution in [0.15, 0.2) is 0 Å². The predicted molar refractivity (Wildman–Crippen MR) is 63.4 cm³/mol. The Kier molecular flexibility index (Phi) is 9.06. The second-order valence-corrected chi connectivity index (χ2v) is 4.27. The maximum atomic E-state index is 9.39. The highest BCUT2D eigenvalue weighted by atomic mass is 16.3. The normalized spacial score (nSPS) is 15.6. The lowest BCUT2D eigenvalue weighted by molar-refractivity contribution is -0.0844. The molecule has 3 heteroatoms. The lowest BCUT2D eigenvalue weighted by atomic mass is 10.1. The Hall–Kier alpha value is -0.120. The van der Waals surface area contributed by atoms with E-state index in [1.807, 2.05) is 0 Å². The molecule has 0 aliphatic rings.